The van der Waals surface area contributed by atoms with Crippen LogP contribution in [0.15, 0.2) is 28.3 Å². The van der Waals surface area contributed by atoms with Crippen LogP contribution in [0.2, 0.25) is 0 Å². The molecule has 0 amide bonds. The molecule has 0 aromatic carbocycles. The molecule has 1 aromatic heterocycles. The summed E-state index contributed by atoms with van der Waals surface area (Å²) in [6, 6.07) is 3.04. The van der Waals surface area contributed by atoms with Crippen molar-refractivity contribution in [3.63, 3.8) is 0 Å². The average molecular weight is 224 g/mol. The first kappa shape index (κ1) is 9.83. The van der Waals surface area contributed by atoms with E-state index in [0.717, 1.165) is 5.03 Å². The van der Waals surface area contributed by atoms with E-state index in [1.54, 1.807) is 6.07 Å². The molecule has 6 heteroatoms. The third-order valence-electron chi connectivity index (χ3n) is 1.20. The van der Waals surface area contributed by atoms with Gasteiger partial charge < -0.3 is 0 Å². The highest BCUT2D eigenvalue weighted by molar-refractivity contribution is 8.13. The summed E-state index contributed by atoms with van der Waals surface area (Å²) in [5.41, 5.74) is 0. The van der Waals surface area contributed by atoms with Crippen LogP contribution in [0.3, 0.4) is 0 Å². The van der Waals surface area contributed by atoms with Gasteiger partial charge in [-0.25, -0.2) is 13.4 Å². The Morgan fingerprint density at radius 3 is 2.50 bits per heavy atom. The average Bonchev–Trinajstić information content (AvgIpc) is 2.03. The minimum Gasteiger partial charge on any atom is -0.249 e. The SMILES string of the molecule is CSc1ccc(S(=O)(=O)Cl)cn1. The topological polar surface area (TPSA) is 47.0 Å². The summed E-state index contributed by atoms with van der Waals surface area (Å²) in [6.07, 6.45) is 3.10. The fourth-order valence-electron chi connectivity index (χ4n) is 0.632. The highest BCUT2D eigenvalue weighted by atomic mass is 35.7. The number of halogens is 1. The lowest BCUT2D eigenvalue weighted by atomic mass is 10.5. The predicted molar refractivity (Wildman–Crippen MR) is 49.1 cm³/mol. The van der Waals surface area contributed by atoms with Crippen molar-refractivity contribution in [3.05, 3.63) is 18.3 Å². The monoisotopic (exact) mass is 223 g/mol. The highest BCUT2D eigenvalue weighted by Crippen LogP contribution is 2.16. The van der Waals surface area contributed by atoms with Crippen LogP contribution in [0, 0.1) is 0 Å². The van der Waals surface area contributed by atoms with Gasteiger partial charge in [-0.2, -0.15) is 0 Å². The zero-order valence-corrected chi connectivity index (χ0v) is 8.58. The van der Waals surface area contributed by atoms with Crippen molar-refractivity contribution in [2.75, 3.05) is 6.26 Å². The fourth-order valence-corrected chi connectivity index (χ4v) is 1.68. The number of hydrogen-bond acceptors (Lipinski definition) is 4. The number of thioether (sulfide) groups is 1. The van der Waals surface area contributed by atoms with Crippen LogP contribution in [-0.4, -0.2) is 19.7 Å². The Labute approximate surface area is 79.6 Å². The van der Waals surface area contributed by atoms with E-state index >= 15 is 0 Å². The predicted octanol–water partition coefficient (Wildman–Crippen LogP) is 1.73. The molecule has 0 saturated carbocycles. The van der Waals surface area contributed by atoms with Crippen LogP contribution in [0.5, 0.6) is 0 Å². The van der Waals surface area contributed by atoms with Crippen LogP contribution >= 0.6 is 22.4 Å². The quantitative estimate of drug-likeness (QED) is 0.566. The largest absolute Gasteiger partial charge is 0.262 e. The molecule has 0 aliphatic carbocycles. The van der Waals surface area contributed by atoms with Crippen molar-refractivity contribution in [3.8, 4) is 0 Å². The van der Waals surface area contributed by atoms with Crippen molar-refractivity contribution in [1.82, 2.24) is 4.98 Å². The second-order valence-electron chi connectivity index (χ2n) is 1.97. The molecule has 1 heterocycles. The smallest absolute Gasteiger partial charge is 0.249 e. The molecule has 0 saturated heterocycles. The molecule has 66 valence electrons. The van der Waals surface area contributed by atoms with Gasteiger partial charge in [-0.15, -0.1) is 11.8 Å². The first-order valence-corrected chi connectivity index (χ1v) is 6.52. The van der Waals surface area contributed by atoms with E-state index < -0.39 is 9.05 Å². The van der Waals surface area contributed by atoms with E-state index in [2.05, 4.69) is 4.98 Å². The van der Waals surface area contributed by atoms with E-state index in [1.165, 1.54) is 24.0 Å². The summed E-state index contributed by atoms with van der Waals surface area (Å²) in [4.78, 5) is 3.89. The lowest BCUT2D eigenvalue weighted by Gasteiger charge is -1.96. The Morgan fingerprint density at radius 2 is 2.17 bits per heavy atom. The standard InChI is InChI=1S/C6H6ClNO2S2/c1-11-6-3-2-5(4-8-6)12(7,9)10/h2-4H,1H3. The lowest BCUT2D eigenvalue weighted by Crippen LogP contribution is -1.91. The van der Waals surface area contributed by atoms with E-state index in [9.17, 15) is 8.42 Å². The molecule has 0 bridgehead atoms. The summed E-state index contributed by atoms with van der Waals surface area (Å²) in [5.74, 6) is 0. The van der Waals surface area contributed by atoms with Gasteiger partial charge in [0, 0.05) is 16.9 Å². The summed E-state index contributed by atoms with van der Waals surface area (Å²) in [6.45, 7) is 0. The molecule has 0 aliphatic heterocycles. The van der Waals surface area contributed by atoms with Gasteiger partial charge in [-0.05, 0) is 18.4 Å². The minimum absolute atomic E-state index is 0.0296. The maximum atomic E-state index is 10.8. The molecule has 0 fully saturated rings. The molecule has 12 heavy (non-hydrogen) atoms. The zero-order chi connectivity index (χ0) is 9.19. The van der Waals surface area contributed by atoms with E-state index in [1.807, 2.05) is 6.26 Å². The number of pyridine rings is 1. The van der Waals surface area contributed by atoms with Gasteiger partial charge in [0.1, 0.15) is 4.90 Å². The van der Waals surface area contributed by atoms with Gasteiger partial charge >= 0.3 is 0 Å². The van der Waals surface area contributed by atoms with Crippen molar-refractivity contribution in [1.29, 1.82) is 0 Å². The van der Waals surface area contributed by atoms with Gasteiger partial charge in [0.05, 0.1) is 5.03 Å². The van der Waals surface area contributed by atoms with E-state index in [0.29, 0.717) is 0 Å². The number of nitrogens with zero attached hydrogens (tertiary/aromatic N) is 1. The molecular formula is C6H6ClNO2S2. The molecule has 1 aromatic rings. The van der Waals surface area contributed by atoms with E-state index in [-0.39, 0.29) is 4.90 Å². The van der Waals surface area contributed by atoms with Crippen molar-refractivity contribution in [2.45, 2.75) is 9.92 Å². The number of rotatable bonds is 2. The van der Waals surface area contributed by atoms with Gasteiger partial charge in [-0.3, -0.25) is 0 Å². The van der Waals surface area contributed by atoms with Gasteiger partial charge in [0.2, 0.25) is 0 Å². The number of aromatic nitrogens is 1. The molecule has 0 aliphatic rings. The van der Waals surface area contributed by atoms with E-state index in [4.69, 9.17) is 10.7 Å². The molecule has 0 radical (unpaired) electrons. The Morgan fingerprint density at radius 1 is 1.50 bits per heavy atom. The zero-order valence-electron chi connectivity index (χ0n) is 6.19. The minimum atomic E-state index is -3.63. The molecule has 0 atom stereocenters. The molecule has 0 N–H and O–H groups in total. The highest BCUT2D eigenvalue weighted by Gasteiger charge is 2.09. The molecule has 0 unspecified atom stereocenters. The Bertz CT molecular complexity index is 360. The van der Waals surface area contributed by atoms with Crippen LogP contribution in [-0.2, 0) is 9.05 Å². The van der Waals surface area contributed by atoms with Crippen molar-refractivity contribution in [2.24, 2.45) is 0 Å². The Balaban J connectivity index is 3.09. The third-order valence-corrected chi connectivity index (χ3v) is 3.20. The molecule has 3 nitrogen and oxygen atoms in total. The summed E-state index contributed by atoms with van der Waals surface area (Å²) < 4.78 is 21.5. The fraction of sp³-hybridized carbons (Fsp3) is 0.167. The van der Waals surface area contributed by atoms with Crippen LogP contribution in [0.25, 0.3) is 0 Å². The normalized spacial score (nSPS) is 11.5. The Hall–Kier alpha value is -0.260. The summed E-state index contributed by atoms with van der Waals surface area (Å²) in [7, 11) is 1.45. The van der Waals surface area contributed by atoms with Gasteiger partial charge in [0.25, 0.3) is 9.05 Å². The Kier molecular flexibility index (Phi) is 2.98. The first-order valence-electron chi connectivity index (χ1n) is 2.99. The van der Waals surface area contributed by atoms with Gasteiger partial charge in [0.15, 0.2) is 0 Å². The van der Waals surface area contributed by atoms with Crippen molar-refractivity contribution >= 4 is 31.5 Å². The summed E-state index contributed by atoms with van der Waals surface area (Å²) in [5, 5.41) is 0.763. The van der Waals surface area contributed by atoms with Crippen LogP contribution in [0.4, 0.5) is 0 Å². The lowest BCUT2D eigenvalue weighted by molar-refractivity contribution is 0.609. The van der Waals surface area contributed by atoms with Crippen LogP contribution in [0.1, 0.15) is 0 Å². The second-order valence-corrected chi connectivity index (χ2v) is 5.37. The maximum absolute atomic E-state index is 10.8. The molecule has 0 spiro atoms. The van der Waals surface area contributed by atoms with Gasteiger partial charge in [-0.1, -0.05) is 0 Å². The maximum Gasteiger partial charge on any atom is 0.262 e. The number of hydrogen-bond donors (Lipinski definition) is 0. The second kappa shape index (κ2) is 3.64. The van der Waals surface area contributed by atoms with Crippen LogP contribution < -0.4 is 0 Å². The third kappa shape index (κ3) is 2.36. The first-order chi connectivity index (χ1) is 5.54. The van der Waals surface area contributed by atoms with Crippen molar-refractivity contribution < 1.29 is 8.42 Å². The molecular weight excluding hydrogens is 218 g/mol. The summed E-state index contributed by atoms with van der Waals surface area (Å²) >= 11 is 1.44. The molecule has 1 rings (SSSR count).